The van der Waals surface area contributed by atoms with E-state index in [1.807, 2.05) is 43.3 Å². The van der Waals surface area contributed by atoms with Gasteiger partial charge in [0, 0.05) is 43.3 Å². The Morgan fingerprint density at radius 1 is 1.23 bits per heavy atom. The van der Waals surface area contributed by atoms with E-state index in [0.29, 0.717) is 46.7 Å². The molecule has 2 N–H and O–H groups in total. The molecular formula is C26H24ClFN4O3. The molecule has 0 bridgehead atoms. The number of halogens is 2. The molecule has 2 aromatic carbocycles. The summed E-state index contributed by atoms with van der Waals surface area (Å²) in [6, 6.07) is 13.2. The summed E-state index contributed by atoms with van der Waals surface area (Å²) in [7, 11) is 3.66. The van der Waals surface area contributed by atoms with E-state index in [2.05, 4.69) is 10.4 Å². The molecule has 0 radical (unpaired) electrons. The Kier molecular flexibility index (Phi) is 5.76. The molecule has 1 aliphatic heterocycles. The zero-order chi connectivity index (χ0) is 24.9. The van der Waals surface area contributed by atoms with Crippen molar-refractivity contribution < 1.29 is 19.0 Å². The number of aromatic nitrogens is 2. The number of fused-ring (bicyclic) bond motifs is 2. The molecule has 1 aliphatic rings. The van der Waals surface area contributed by atoms with E-state index in [0.717, 1.165) is 23.4 Å². The van der Waals surface area contributed by atoms with Crippen molar-refractivity contribution in [2.24, 2.45) is 0 Å². The van der Waals surface area contributed by atoms with Gasteiger partial charge >= 0.3 is 0 Å². The molecular weight excluding hydrogens is 471 g/mol. The number of para-hydroxylation sites is 1. The summed E-state index contributed by atoms with van der Waals surface area (Å²) in [6.45, 7) is 2.30. The minimum absolute atomic E-state index is 0.0758. The number of nitrogens with zero attached hydrogens (tertiary/aromatic N) is 3. The van der Waals surface area contributed by atoms with Crippen LogP contribution in [-0.2, 0) is 0 Å². The number of rotatable bonds is 4. The van der Waals surface area contributed by atoms with Crippen LogP contribution in [0, 0.1) is 12.7 Å². The minimum Gasteiger partial charge on any atom is -0.507 e. The number of amides is 1. The predicted octanol–water partition coefficient (Wildman–Crippen LogP) is 5.13. The highest BCUT2D eigenvalue weighted by Gasteiger charge is 2.27. The summed E-state index contributed by atoms with van der Waals surface area (Å²) in [5.74, 6) is 0.185. The smallest absolute Gasteiger partial charge is 0.255 e. The number of aryl methyl sites for hydroxylation is 1. The molecule has 35 heavy (non-hydrogen) atoms. The molecule has 0 fully saturated rings. The summed E-state index contributed by atoms with van der Waals surface area (Å²) in [5, 5.41) is 18.3. The second-order valence-electron chi connectivity index (χ2n) is 8.71. The van der Waals surface area contributed by atoms with Crippen LogP contribution < -0.4 is 15.0 Å². The van der Waals surface area contributed by atoms with E-state index >= 15 is 0 Å². The maximum Gasteiger partial charge on any atom is 0.255 e. The summed E-state index contributed by atoms with van der Waals surface area (Å²) < 4.78 is 21.1. The molecule has 1 amide bonds. The fourth-order valence-electron chi connectivity index (χ4n) is 4.66. The lowest BCUT2D eigenvalue weighted by atomic mass is 10.00. The normalized spacial score (nSPS) is 14.9. The van der Waals surface area contributed by atoms with Crippen LogP contribution in [0.3, 0.4) is 0 Å². The number of carbonyl (C=O) groups is 1. The molecule has 0 unspecified atom stereocenters. The van der Waals surface area contributed by atoms with Crippen molar-refractivity contribution >= 4 is 28.8 Å². The Hall–Kier alpha value is -3.78. The first-order valence-electron chi connectivity index (χ1n) is 11.2. The van der Waals surface area contributed by atoms with Gasteiger partial charge in [0.2, 0.25) is 0 Å². The van der Waals surface area contributed by atoms with Crippen LogP contribution in [0.4, 0.5) is 10.2 Å². The molecule has 180 valence electrons. The molecule has 5 rings (SSSR count). The van der Waals surface area contributed by atoms with Crippen molar-refractivity contribution in [2.75, 3.05) is 25.6 Å². The maximum absolute atomic E-state index is 13.7. The Balaban J connectivity index is 1.60. The first-order valence-corrected chi connectivity index (χ1v) is 11.5. The van der Waals surface area contributed by atoms with Crippen molar-refractivity contribution in [2.45, 2.75) is 19.4 Å². The lowest BCUT2D eigenvalue weighted by molar-refractivity contribution is 0.0925. The van der Waals surface area contributed by atoms with Gasteiger partial charge in [0.15, 0.2) is 0 Å². The van der Waals surface area contributed by atoms with Gasteiger partial charge in [-0.25, -0.2) is 8.91 Å². The van der Waals surface area contributed by atoms with Gasteiger partial charge < -0.3 is 20.1 Å². The highest BCUT2D eigenvalue weighted by molar-refractivity contribution is 6.34. The van der Waals surface area contributed by atoms with Crippen LogP contribution in [-0.4, -0.2) is 41.3 Å². The molecule has 0 saturated heterocycles. The van der Waals surface area contributed by atoms with Gasteiger partial charge in [-0.3, -0.25) is 4.79 Å². The summed E-state index contributed by atoms with van der Waals surface area (Å²) >= 11 is 6.31. The number of pyridine rings is 1. The molecule has 3 heterocycles. The fourth-order valence-corrected chi connectivity index (χ4v) is 4.96. The first-order chi connectivity index (χ1) is 16.8. The van der Waals surface area contributed by atoms with Crippen LogP contribution in [0.1, 0.15) is 34.1 Å². The highest BCUT2D eigenvalue weighted by atomic mass is 35.5. The molecule has 0 saturated carbocycles. The van der Waals surface area contributed by atoms with Crippen LogP contribution in [0.2, 0.25) is 5.02 Å². The van der Waals surface area contributed by atoms with Gasteiger partial charge in [-0.1, -0.05) is 29.8 Å². The highest BCUT2D eigenvalue weighted by Crippen LogP contribution is 2.42. The van der Waals surface area contributed by atoms with E-state index in [-0.39, 0.29) is 22.7 Å². The topological polar surface area (TPSA) is 79.1 Å². The van der Waals surface area contributed by atoms with Gasteiger partial charge in [-0.15, -0.1) is 0 Å². The van der Waals surface area contributed by atoms with Gasteiger partial charge in [-0.2, -0.15) is 5.10 Å². The van der Waals surface area contributed by atoms with Crippen LogP contribution in [0.5, 0.6) is 11.5 Å². The van der Waals surface area contributed by atoms with E-state index in [1.165, 1.54) is 0 Å². The Morgan fingerprint density at radius 2 is 2.00 bits per heavy atom. The van der Waals surface area contributed by atoms with Crippen molar-refractivity contribution in [3.05, 3.63) is 76.2 Å². The molecule has 0 aliphatic carbocycles. The van der Waals surface area contributed by atoms with Crippen LogP contribution in [0.15, 0.2) is 48.5 Å². The predicted molar refractivity (Wildman–Crippen MR) is 133 cm³/mol. The lowest BCUT2D eigenvalue weighted by Crippen LogP contribution is -2.33. The number of aromatic hydroxyl groups is 1. The number of anilines is 1. The average molecular weight is 495 g/mol. The Bertz CT molecular complexity index is 1440. The van der Waals surface area contributed by atoms with Crippen molar-refractivity contribution in [1.29, 1.82) is 0 Å². The minimum atomic E-state index is -0.631. The fraction of sp³-hybridized carbons (Fsp3) is 0.231. The molecule has 2 aromatic heterocycles. The SMILES string of the molecule is Cc1nn2c(N(C)C)c(C(=O)N[C@H]3CCOc4ccccc43)ccc2c1-c1c(O)cc(F)cc1Cl. The van der Waals surface area contributed by atoms with Crippen molar-refractivity contribution in [3.8, 4) is 22.6 Å². The summed E-state index contributed by atoms with van der Waals surface area (Å²) in [5.41, 5.74) is 3.45. The molecule has 4 aromatic rings. The number of hydrogen-bond donors (Lipinski definition) is 2. The third-order valence-electron chi connectivity index (χ3n) is 6.16. The third-order valence-corrected chi connectivity index (χ3v) is 6.46. The number of benzene rings is 2. The second-order valence-corrected chi connectivity index (χ2v) is 9.11. The van der Waals surface area contributed by atoms with Crippen LogP contribution >= 0.6 is 11.6 Å². The van der Waals surface area contributed by atoms with E-state index in [1.54, 1.807) is 23.6 Å². The lowest BCUT2D eigenvalue weighted by Gasteiger charge is -2.27. The Morgan fingerprint density at radius 3 is 2.74 bits per heavy atom. The van der Waals surface area contributed by atoms with Crippen LogP contribution in [0.25, 0.3) is 16.6 Å². The molecule has 7 nitrogen and oxygen atoms in total. The summed E-state index contributed by atoms with van der Waals surface area (Å²) in [6.07, 6.45) is 0.662. The average Bonchev–Trinajstić information content (AvgIpc) is 3.13. The standard InChI is InChI=1S/C26H24ClFN4O3/c1-14-23(24-18(27)12-15(28)13-21(24)33)20-9-8-17(26(31(2)3)32(20)30-14)25(34)29-19-10-11-35-22-7-5-4-6-16(19)22/h4-9,12-13,19,33H,10-11H2,1-3H3,(H,29,34)/t19-/m0/s1. The summed E-state index contributed by atoms with van der Waals surface area (Å²) in [4.78, 5) is 15.3. The van der Waals surface area contributed by atoms with Gasteiger partial charge in [-0.05, 0) is 31.2 Å². The van der Waals surface area contributed by atoms with Crippen molar-refractivity contribution in [1.82, 2.24) is 14.9 Å². The number of phenols is 1. The van der Waals surface area contributed by atoms with E-state index in [4.69, 9.17) is 16.3 Å². The number of nitrogens with one attached hydrogen (secondary N) is 1. The number of phenolic OH excluding ortho intramolecular Hbond substituents is 1. The number of carbonyl (C=O) groups excluding carboxylic acids is 1. The molecule has 0 spiro atoms. The Labute approximate surface area is 206 Å². The number of hydrogen-bond acceptors (Lipinski definition) is 5. The van der Waals surface area contributed by atoms with Gasteiger partial charge in [0.05, 0.1) is 34.4 Å². The zero-order valence-corrected chi connectivity index (χ0v) is 20.2. The monoisotopic (exact) mass is 494 g/mol. The molecule has 9 heteroatoms. The zero-order valence-electron chi connectivity index (χ0n) is 19.5. The van der Waals surface area contributed by atoms with Crippen molar-refractivity contribution in [3.63, 3.8) is 0 Å². The van der Waals surface area contributed by atoms with E-state index < -0.39 is 5.82 Å². The first kappa shape index (κ1) is 23.0. The second kappa shape index (κ2) is 8.78. The quantitative estimate of drug-likeness (QED) is 0.411. The number of ether oxygens (including phenoxy) is 1. The van der Waals surface area contributed by atoms with Gasteiger partial charge in [0.1, 0.15) is 23.1 Å². The van der Waals surface area contributed by atoms with E-state index in [9.17, 15) is 14.3 Å². The van der Waals surface area contributed by atoms with Gasteiger partial charge in [0.25, 0.3) is 5.91 Å². The third kappa shape index (κ3) is 3.93. The molecule has 1 atom stereocenters. The maximum atomic E-state index is 13.7. The largest absolute Gasteiger partial charge is 0.507 e.